The van der Waals surface area contributed by atoms with Gasteiger partial charge in [0, 0.05) is 30.5 Å². The second-order valence-corrected chi connectivity index (χ2v) is 5.68. The molecule has 1 aliphatic rings. The third kappa shape index (κ3) is 3.58. The third-order valence-electron chi connectivity index (χ3n) is 4.13. The van der Waals surface area contributed by atoms with Crippen LogP contribution in [0.25, 0.3) is 0 Å². The molecule has 3 unspecified atom stereocenters. The van der Waals surface area contributed by atoms with Gasteiger partial charge >= 0.3 is 0 Å². The third-order valence-corrected chi connectivity index (χ3v) is 4.13. The van der Waals surface area contributed by atoms with Crippen molar-refractivity contribution in [3.63, 3.8) is 0 Å². The van der Waals surface area contributed by atoms with Gasteiger partial charge in [-0.05, 0) is 32.6 Å². The number of hydrogen-bond acceptors (Lipinski definition) is 2. The number of aromatic nitrogens is 2. The van der Waals surface area contributed by atoms with Crippen molar-refractivity contribution in [2.24, 2.45) is 0 Å². The molecule has 0 aliphatic heterocycles. The molecule has 0 saturated heterocycles. The molecule has 1 N–H and O–H groups in total. The molecule has 2 rings (SSSR count). The second-order valence-electron chi connectivity index (χ2n) is 5.68. The van der Waals surface area contributed by atoms with Gasteiger partial charge in [-0.2, -0.15) is 0 Å². The molecule has 0 bridgehead atoms. The van der Waals surface area contributed by atoms with Crippen molar-refractivity contribution < 1.29 is 0 Å². The zero-order chi connectivity index (χ0) is 12.8. The summed E-state index contributed by atoms with van der Waals surface area (Å²) in [7, 11) is 0. The molecular weight excluding hydrogens is 222 g/mol. The summed E-state index contributed by atoms with van der Waals surface area (Å²) in [4.78, 5) is 4.18. The summed E-state index contributed by atoms with van der Waals surface area (Å²) in [5.41, 5.74) is 0. The molecule has 1 fully saturated rings. The lowest BCUT2D eigenvalue weighted by atomic mass is 10.1. The number of nitrogens with one attached hydrogen (secondary N) is 1. The summed E-state index contributed by atoms with van der Waals surface area (Å²) in [6.07, 6.45) is 15.2. The average molecular weight is 249 g/mol. The molecular formula is C15H27N3. The van der Waals surface area contributed by atoms with Crippen LogP contribution < -0.4 is 5.32 Å². The molecule has 0 aromatic carbocycles. The van der Waals surface area contributed by atoms with Gasteiger partial charge < -0.3 is 9.88 Å². The Hall–Kier alpha value is -0.830. The molecule has 3 atom stereocenters. The van der Waals surface area contributed by atoms with Crippen LogP contribution in [0.5, 0.6) is 0 Å². The van der Waals surface area contributed by atoms with E-state index in [1.165, 1.54) is 44.9 Å². The van der Waals surface area contributed by atoms with Crippen LogP contribution in [0.2, 0.25) is 0 Å². The van der Waals surface area contributed by atoms with Crippen LogP contribution in [0, 0.1) is 0 Å². The van der Waals surface area contributed by atoms with E-state index >= 15 is 0 Å². The van der Waals surface area contributed by atoms with E-state index < -0.39 is 0 Å². The highest BCUT2D eigenvalue weighted by atomic mass is 15.1. The van der Waals surface area contributed by atoms with E-state index in [0.717, 1.165) is 0 Å². The lowest BCUT2D eigenvalue weighted by molar-refractivity contribution is 0.346. The summed E-state index contributed by atoms with van der Waals surface area (Å²) in [5, 5.41) is 3.83. The van der Waals surface area contributed by atoms with Crippen LogP contribution >= 0.6 is 0 Å². The fourth-order valence-corrected chi connectivity index (χ4v) is 3.11. The highest BCUT2D eigenvalue weighted by Crippen LogP contribution is 2.30. The molecule has 1 aliphatic carbocycles. The van der Waals surface area contributed by atoms with Gasteiger partial charge in [-0.25, -0.2) is 4.98 Å². The van der Waals surface area contributed by atoms with Gasteiger partial charge in [0.05, 0.1) is 6.33 Å². The first-order chi connectivity index (χ1) is 8.81. The monoisotopic (exact) mass is 249 g/mol. The Balaban J connectivity index is 1.81. The van der Waals surface area contributed by atoms with Crippen LogP contribution in [-0.2, 0) is 0 Å². The molecule has 18 heavy (non-hydrogen) atoms. The standard InChI is InChI=1S/C15H27N3/c1-3-4-5-7-13(2)17-14-8-6-9-15(14)18-11-10-16-12-18/h10-15,17H,3-9H2,1-2H3. The zero-order valence-corrected chi connectivity index (χ0v) is 11.8. The quantitative estimate of drug-likeness (QED) is 0.749. The fourth-order valence-electron chi connectivity index (χ4n) is 3.11. The van der Waals surface area contributed by atoms with E-state index in [1.807, 2.05) is 12.5 Å². The Kier molecular flexibility index (Phi) is 5.24. The number of rotatable bonds is 7. The van der Waals surface area contributed by atoms with Crippen molar-refractivity contribution in [1.29, 1.82) is 0 Å². The molecule has 1 heterocycles. The minimum Gasteiger partial charge on any atom is -0.333 e. The maximum absolute atomic E-state index is 4.18. The van der Waals surface area contributed by atoms with Gasteiger partial charge in [0.1, 0.15) is 0 Å². The first-order valence-electron chi connectivity index (χ1n) is 7.54. The van der Waals surface area contributed by atoms with Crippen molar-refractivity contribution in [2.45, 2.75) is 76.9 Å². The Bertz CT molecular complexity index is 320. The summed E-state index contributed by atoms with van der Waals surface area (Å²) < 4.78 is 2.28. The Labute approximate surface area is 111 Å². The molecule has 1 aromatic heterocycles. The van der Waals surface area contributed by atoms with Gasteiger partial charge in [-0.15, -0.1) is 0 Å². The van der Waals surface area contributed by atoms with E-state index in [0.29, 0.717) is 18.1 Å². The zero-order valence-electron chi connectivity index (χ0n) is 11.8. The van der Waals surface area contributed by atoms with Crippen LogP contribution in [-0.4, -0.2) is 21.6 Å². The number of nitrogens with zero attached hydrogens (tertiary/aromatic N) is 2. The minimum absolute atomic E-state index is 0.612. The van der Waals surface area contributed by atoms with Gasteiger partial charge in [0.25, 0.3) is 0 Å². The summed E-state index contributed by atoms with van der Waals surface area (Å²) >= 11 is 0. The highest BCUT2D eigenvalue weighted by Gasteiger charge is 2.28. The molecule has 102 valence electrons. The highest BCUT2D eigenvalue weighted by molar-refractivity contribution is 4.92. The average Bonchev–Trinajstić information content (AvgIpc) is 2.99. The molecule has 1 saturated carbocycles. The molecule has 3 nitrogen and oxygen atoms in total. The Morgan fingerprint density at radius 2 is 2.28 bits per heavy atom. The van der Waals surface area contributed by atoms with Crippen molar-refractivity contribution in [3.8, 4) is 0 Å². The van der Waals surface area contributed by atoms with E-state index in [9.17, 15) is 0 Å². The lowest BCUT2D eigenvalue weighted by Gasteiger charge is -2.26. The Morgan fingerprint density at radius 1 is 1.39 bits per heavy atom. The molecule has 3 heteroatoms. The largest absolute Gasteiger partial charge is 0.333 e. The van der Waals surface area contributed by atoms with Crippen molar-refractivity contribution in [3.05, 3.63) is 18.7 Å². The second kappa shape index (κ2) is 6.93. The summed E-state index contributed by atoms with van der Waals surface area (Å²) in [5.74, 6) is 0. The van der Waals surface area contributed by atoms with Crippen molar-refractivity contribution in [1.82, 2.24) is 14.9 Å². The SMILES string of the molecule is CCCCCC(C)NC1CCCC1n1ccnc1. The molecule has 0 radical (unpaired) electrons. The van der Waals surface area contributed by atoms with Crippen LogP contribution in [0.4, 0.5) is 0 Å². The van der Waals surface area contributed by atoms with E-state index in [1.54, 1.807) is 0 Å². The van der Waals surface area contributed by atoms with E-state index in [-0.39, 0.29) is 0 Å². The van der Waals surface area contributed by atoms with Gasteiger partial charge in [0.15, 0.2) is 0 Å². The topological polar surface area (TPSA) is 29.9 Å². The maximum atomic E-state index is 4.18. The maximum Gasteiger partial charge on any atom is 0.0949 e. The number of imidazole rings is 1. The molecule has 0 spiro atoms. The molecule has 1 aromatic rings. The minimum atomic E-state index is 0.612. The predicted molar refractivity (Wildman–Crippen MR) is 75.6 cm³/mol. The lowest BCUT2D eigenvalue weighted by Crippen LogP contribution is -2.39. The smallest absolute Gasteiger partial charge is 0.0949 e. The van der Waals surface area contributed by atoms with Gasteiger partial charge in [-0.1, -0.05) is 26.2 Å². The van der Waals surface area contributed by atoms with E-state index in [2.05, 4.69) is 34.9 Å². The Morgan fingerprint density at radius 3 is 3.00 bits per heavy atom. The van der Waals surface area contributed by atoms with Crippen LogP contribution in [0.1, 0.15) is 64.8 Å². The van der Waals surface area contributed by atoms with Gasteiger partial charge in [0.2, 0.25) is 0 Å². The van der Waals surface area contributed by atoms with Crippen LogP contribution in [0.3, 0.4) is 0 Å². The van der Waals surface area contributed by atoms with Crippen LogP contribution in [0.15, 0.2) is 18.7 Å². The number of unbranched alkanes of at least 4 members (excludes halogenated alkanes) is 2. The molecule has 0 amide bonds. The number of hydrogen-bond donors (Lipinski definition) is 1. The van der Waals surface area contributed by atoms with Crippen molar-refractivity contribution >= 4 is 0 Å². The fraction of sp³-hybridized carbons (Fsp3) is 0.800. The summed E-state index contributed by atoms with van der Waals surface area (Å²) in [6.45, 7) is 4.60. The van der Waals surface area contributed by atoms with Crippen molar-refractivity contribution in [2.75, 3.05) is 0 Å². The first-order valence-corrected chi connectivity index (χ1v) is 7.54. The van der Waals surface area contributed by atoms with E-state index in [4.69, 9.17) is 0 Å². The first kappa shape index (κ1) is 13.6. The normalized spacial score (nSPS) is 25.4. The van der Waals surface area contributed by atoms with Gasteiger partial charge in [-0.3, -0.25) is 0 Å². The predicted octanol–water partition coefficient (Wildman–Crippen LogP) is 3.54. The summed E-state index contributed by atoms with van der Waals surface area (Å²) in [6, 6.07) is 1.89.